The van der Waals surface area contributed by atoms with E-state index in [0.717, 1.165) is 111 Å². The molecule has 0 bridgehead atoms. The van der Waals surface area contributed by atoms with Gasteiger partial charge < -0.3 is 4.57 Å². The molecule has 5 heteroatoms. The molecule has 1 aromatic heterocycles. The first-order valence-corrected chi connectivity index (χ1v) is 23.2. The average Bonchev–Trinajstić information content (AvgIpc) is 3.69. The molecule has 0 aliphatic heterocycles. The Morgan fingerprint density at radius 1 is 0.790 bits per heavy atom. The molecule has 62 heavy (non-hydrogen) atoms. The molecule has 4 nitrogen and oxygen atoms in total. The molecule has 8 rings (SSSR count). The zero-order valence-electron chi connectivity index (χ0n) is 37.2. The van der Waals surface area contributed by atoms with Crippen molar-refractivity contribution in [1.29, 1.82) is 0 Å². The summed E-state index contributed by atoms with van der Waals surface area (Å²) in [6, 6.07) is 37.8. The number of thioether (sulfide) groups is 1. The molecule has 0 N–H and O–H groups in total. The maximum atomic E-state index is 5.19. The van der Waals surface area contributed by atoms with Gasteiger partial charge in [0.05, 0.1) is 22.8 Å². The first kappa shape index (κ1) is 42.6. The SMILES string of the molecule is C=Nc1c(-c2ccc(-c3nc4ccccc4n3C(/C=C\C)CCC)cc2)ccc(-c2ccc(C(C)=NC3=C(C)C=CCC3)cc2)c1SCc1cccc(C2=C(C)C=CCC2)c1C. The highest BCUT2D eigenvalue weighted by Gasteiger charge is 2.21. The third-order valence-corrected chi connectivity index (χ3v) is 13.7. The van der Waals surface area contributed by atoms with E-state index in [-0.39, 0.29) is 6.04 Å². The number of aromatic nitrogens is 2. The van der Waals surface area contributed by atoms with Gasteiger partial charge in [-0.3, -0.25) is 9.98 Å². The normalized spacial score (nSPS) is 15.0. The van der Waals surface area contributed by atoms with E-state index < -0.39 is 0 Å². The van der Waals surface area contributed by atoms with Crippen LogP contribution in [0.3, 0.4) is 0 Å². The van der Waals surface area contributed by atoms with Crippen LogP contribution in [0.4, 0.5) is 5.69 Å². The van der Waals surface area contributed by atoms with Crippen molar-refractivity contribution in [2.24, 2.45) is 9.98 Å². The number of imidazole rings is 1. The Bertz CT molecular complexity index is 2800. The molecule has 2 aliphatic rings. The number of hydrogen-bond acceptors (Lipinski definition) is 4. The molecule has 0 amide bonds. The third-order valence-electron chi connectivity index (χ3n) is 12.5. The highest BCUT2D eigenvalue weighted by atomic mass is 32.2. The predicted molar refractivity (Wildman–Crippen MR) is 269 cm³/mol. The van der Waals surface area contributed by atoms with Crippen molar-refractivity contribution in [1.82, 2.24) is 9.55 Å². The lowest BCUT2D eigenvalue weighted by Gasteiger charge is -2.20. The zero-order valence-corrected chi connectivity index (χ0v) is 38.0. The number of allylic oxidation sites excluding steroid dienone is 10. The lowest BCUT2D eigenvalue weighted by atomic mass is 9.88. The van der Waals surface area contributed by atoms with Crippen LogP contribution in [-0.4, -0.2) is 22.0 Å². The van der Waals surface area contributed by atoms with Crippen molar-refractivity contribution in [3.05, 3.63) is 179 Å². The lowest BCUT2D eigenvalue weighted by molar-refractivity contribution is 0.566. The summed E-state index contributed by atoms with van der Waals surface area (Å²) < 4.78 is 2.41. The van der Waals surface area contributed by atoms with E-state index in [1.165, 1.54) is 39.1 Å². The largest absolute Gasteiger partial charge is 0.317 e. The molecule has 0 saturated heterocycles. The van der Waals surface area contributed by atoms with Crippen molar-refractivity contribution in [3.8, 4) is 33.6 Å². The van der Waals surface area contributed by atoms with Crippen LogP contribution in [-0.2, 0) is 5.75 Å². The summed E-state index contributed by atoms with van der Waals surface area (Å²) in [5.74, 6) is 1.80. The Balaban J connectivity index is 1.19. The summed E-state index contributed by atoms with van der Waals surface area (Å²) in [6.45, 7) is 17.4. The van der Waals surface area contributed by atoms with E-state index in [1.807, 2.05) is 11.8 Å². The monoisotopic (exact) mass is 830 g/mol. The second kappa shape index (κ2) is 19.3. The van der Waals surface area contributed by atoms with Crippen LogP contribution in [0.5, 0.6) is 0 Å². The van der Waals surface area contributed by atoms with Crippen LogP contribution in [0.2, 0.25) is 0 Å². The summed E-state index contributed by atoms with van der Waals surface area (Å²) in [6.07, 6.45) is 19.8. The number of rotatable bonds is 14. The molecule has 5 aromatic carbocycles. The minimum atomic E-state index is 0.224. The summed E-state index contributed by atoms with van der Waals surface area (Å²) in [5, 5.41) is 0. The van der Waals surface area contributed by atoms with Crippen LogP contribution in [0, 0.1) is 6.92 Å². The Morgan fingerprint density at radius 3 is 2.21 bits per heavy atom. The summed E-state index contributed by atoms with van der Waals surface area (Å²) in [4.78, 5) is 16.2. The van der Waals surface area contributed by atoms with Crippen molar-refractivity contribution < 1.29 is 0 Å². The van der Waals surface area contributed by atoms with Gasteiger partial charge in [0.1, 0.15) is 5.82 Å². The van der Waals surface area contributed by atoms with Gasteiger partial charge in [-0.15, -0.1) is 11.8 Å². The van der Waals surface area contributed by atoms with Gasteiger partial charge in [0, 0.05) is 33.2 Å². The smallest absolute Gasteiger partial charge is 0.141 e. The van der Waals surface area contributed by atoms with Crippen LogP contribution in [0.1, 0.15) is 101 Å². The maximum absolute atomic E-state index is 5.19. The first-order valence-electron chi connectivity index (χ1n) is 22.2. The van der Waals surface area contributed by atoms with Crippen molar-refractivity contribution >= 4 is 46.5 Å². The van der Waals surface area contributed by atoms with E-state index in [4.69, 9.17) is 15.0 Å². The second-order valence-electron chi connectivity index (χ2n) is 16.6. The molecule has 0 spiro atoms. The number of nitrogens with zero attached hydrogens (tertiary/aromatic N) is 4. The predicted octanol–water partition coefficient (Wildman–Crippen LogP) is 16.4. The quantitative estimate of drug-likeness (QED) is 0.0623. The fraction of sp³-hybridized carbons (Fsp3) is 0.246. The van der Waals surface area contributed by atoms with Gasteiger partial charge in [-0.25, -0.2) is 4.98 Å². The average molecular weight is 831 g/mol. The van der Waals surface area contributed by atoms with E-state index in [1.54, 1.807) is 0 Å². The topological polar surface area (TPSA) is 42.5 Å². The van der Waals surface area contributed by atoms with Gasteiger partial charge in [-0.2, -0.15) is 0 Å². The molecule has 0 saturated carbocycles. The highest BCUT2D eigenvalue weighted by Crippen LogP contribution is 2.47. The van der Waals surface area contributed by atoms with Crippen LogP contribution < -0.4 is 0 Å². The van der Waals surface area contributed by atoms with E-state index >= 15 is 0 Å². The molecule has 1 unspecified atom stereocenters. The van der Waals surface area contributed by atoms with Gasteiger partial charge in [0.2, 0.25) is 0 Å². The van der Waals surface area contributed by atoms with Crippen molar-refractivity contribution in [3.63, 3.8) is 0 Å². The van der Waals surface area contributed by atoms with Gasteiger partial charge in [-0.05, 0) is 141 Å². The number of benzene rings is 5. The Morgan fingerprint density at radius 2 is 1.48 bits per heavy atom. The van der Waals surface area contributed by atoms with E-state index in [2.05, 4.69) is 192 Å². The Labute approximate surface area is 373 Å². The van der Waals surface area contributed by atoms with Crippen LogP contribution in [0.15, 0.2) is 171 Å². The van der Waals surface area contributed by atoms with Gasteiger partial charge in [0.15, 0.2) is 0 Å². The number of para-hydroxylation sites is 2. The molecule has 1 heterocycles. The minimum absolute atomic E-state index is 0.224. The molecular weight excluding hydrogens is 773 g/mol. The first-order chi connectivity index (χ1) is 30.3. The van der Waals surface area contributed by atoms with Gasteiger partial charge in [-0.1, -0.05) is 141 Å². The molecule has 312 valence electrons. The van der Waals surface area contributed by atoms with Gasteiger partial charge in [0.25, 0.3) is 0 Å². The molecule has 1 atom stereocenters. The number of hydrogen-bond donors (Lipinski definition) is 0. The highest BCUT2D eigenvalue weighted by molar-refractivity contribution is 7.98. The molecule has 2 aliphatic carbocycles. The summed E-state index contributed by atoms with van der Waals surface area (Å²) in [5.41, 5.74) is 20.1. The summed E-state index contributed by atoms with van der Waals surface area (Å²) >= 11 is 1.86. The van der Waals surface area contributed by atoms with E-state index in [9.17, 15) is 0 Å². The lowest BCUT2D eigenvalue weighted by Crippen LogP contribution is -2.08. The van der Waals surface area contributed by atoms with Crippen LogP contribution >= 0.6 is 11.8 Å². The van der Waals surface area contributed by atoms with E-state index in [0.29, 0.717) is 0 Å². The van der Waals surface area contributed by atoms with Crippen molar-refractivity contribution in [2.45, 2.75) is 96.8 Å². The molecular formula is C57H58N4S. The second-order valence-corrected chi connectivity index (χ2v) is 17.6. The Kier molecular flexibility index (Phi) is 13.3. The van der Waals surface area contributed by atoms with Crippen LogP contribution in [0.25, 0.3) is 50.2 Å². The van der Waals surface area contributed by atoms with Crippen molar-refractivity contribution in [2.75, 3.05) is 0 Å². The fourth-order valence-corrected chi connectivity index (χ4v) is 10.3. The number of fused-ring (bicyclic) bond motifs is 1. The van der Waals surface area contributed by atoms with Gasteiger partial charge >= 0.3 is 0 Å². The standard InChI is InChI=1S/C57H58N4S/c1-8-17-47(18-9-2)61-54-26-15-14-25-53(54)60-57(61)45-33-31-43(32-34-45)50-35-36-51(44-29-27-42(28-30-44)41(6)59-52-24-13-11-20-39(52)4)56(55(50)58-7)62-37-46-21-16-23-49(40(46)5)48-22-12-10-19-38(48)3/h8,10-11,14-17,19-21,23,25-36,47H,7,9,12-13,18,22,24,37H2,1-6H3/b17-8-,59-41?. The molecule has 0 radical (unpaired) electrons. The molecule has 6 aromatic rings. The number of aliphatic imine (C=N–C) groups is 2. The molecule has 0 fully saturated rings. The fourth-order valence-electron chi connectivity index (χ4n) is 9.07. The zero-order chi connectivity index (χ0) is 43.2. The minimum Gasteiger partial charge on any atom is -0.317 e. The summed E-state index contributed by atoms with van der Waals surface area (Å²) in [7, 11) is 0. The third kappa shape index (κ3) is 8.82. The maximum Gasteiger partial charge on any atom is 0.141 e. The Hall–Kier alpha value is -6.04.